The Morgan fingerprint density at radius 2 is 2.13 bits per heavy atom. The second-order valence-electron chi connectivity index (χ2n) is 4.84. The maximum absolute atomic E-state index is 11.8. The van der Waals surface area contributed by atoms with Crippen molar-refractivity contribution in [1.82, 2.24) is 4.90 Å². The highest BCUT2D eigenvalue weighted by atomic mass is 16.5. The van der Waals surface area contributed by atoms with E-state index in [1.807, 2.05) is 18.7 Å². The van der Waals surface area contributed by atoms with Gasteiger partial charge in [0.15, 0.2) is 0 Å². The molecule has 1 heterocycles. The maximum atomic E-state index is 11.8. The molecule has 1 aliphatic heterocycles. The Balaban J connectivity index is 2.32. The highest BCUT2D eigenvalue weighted by Gasteiger charge is 2.18. The van der Waals surface area contributed by atoms with Crippen LogP contribution in [-0.4, -0.2) is 42.6 Å². The number of ether oxygens (including phenoxy) is 1. The van der Waals surface area contributed by atoms with Gasteiger partial charge in [0, 0.05) is 31.7 Å². The van der Waals surface area contributed by atoms with Crippen LogP contribution >= 0.6 is 0 Å². The van der Waals surface area contributed by atoms with Crippen LogP contribution in [-0.2, 0) is 9.53 Å². The molecule has 0 spiro atoms. The van der Waals surface area contributed by atoms with Gasteiger partial charge in [-0.1, -0.05) is 0 Å². The lowest BCUT2D eigenvalue weighted by Gasteiger charge is -2.23. The van der Waals surface area contributed by atoms with Crippen molar-refractivity contribution in [2.45, 2.75) is 38.6 Å². The van der Waals surface area contributed by atoms with E-state index in [2.05, 4.69) is 0 Å². The molecular weight excluding hydrogens is 192 g/mol. The fraction of sp³-hybridized carbons (Fsp3) is 0.909. The van der Waals surface area contributed by atoms with E-state index in [0.29, 0.717) is 13.0 Å². The summed E-state index contributed by atoms with van der Waals surface area (Å²) in [6.45, 7) is 6.88. The van der Waals surface area contributed by atoms with Crippen molar-refractivity contribution >= 4 is 5.91 Å². The van der Waals surface area contributed by atoms with Crippen molar-refractivity contribution in [3.63, 3.8) is 0 Å². The lowest BCUT2D eigenvalue weighted by molar-refractivity contribution is -0.131. The van der Waals surface area contributed by atoms with Crippen LogP contribution in [0.3, 0.4) is 0 Å². The fourth-order valence-corrected chi connectivity index (χ4v) is 1.58. The highest BCUT2D eigenvalue weighted by Crippen LogP contribution is 2.10. The summed E-state index contributed by atoms with van der Waals surface area (Å²) in [5.74, 6) is 0.207. The number of rotatable bonds is 3. The zero-order valence-electron chi connectivity index (χ0n) is 9.79. The van der Waals surface area contributed by atoms with E-state index in [1.165, 1.54) is 0 Å². The molecule has 0 aromatic heterocycles. The summed E-state index contributed by atoms with van der Waals surface area (Å²) in [5, 5.41) is 0. The number of nitrogens with two attached hydrogens (primary N) is 1. The van der Waals surface area contributed by atoms with Crippen LogP contribution in [0, 0.1) is 0 Å². The van der Waals surface area contributed by atoms with E-state index < -0.39 is 0 Å². The first kappa shape index (κ1) is 12.5. The molecule has 1 saturated heterocycles. The lowest BCUT2D eigenvalue weighted by atomic mass is 10.00. The molecular formula is C11H22N2O2. The minimum atomic E-state index is -0.252. The van der Waals surface area contributed by atoms with E-state index >= 15 is 0 Å². The van der Waals surface area contributed by atoms with Gasteiger partial charge >= 0.3 is 0 Å². The third kappa shape index (κ3) is 5.14. The predicted molar refractivity (Wildman–Crippen MR) is 59.5 cm³/mol. The molecule has 2 N–H and O–H groups in total. The number of carbonyl (C=O) groups is 1. The monoisotopic (exact) mass is 214 g/mol. The minimum absolute atomic E-state index is 0.207. The van der Waals surface area contributed by atoms with Crippen LogP contribution in [0.5, 0.6) is 0 Å². The van der Waals surface area contributed by atoms with Crippen molar-refractivity contribution in [2.24, 2.45) is 5.73 Å². The Morgan fingerprint density at radius 3 is 2.80 bits per heavy atom. The average molecular weight is 214 g/mol. The van der Waals surface area contributed by atoms with Crippen molar-refractivity contribution in [3.8, 4) is 0 Å². The summed E-state index contributed by atoms with van der Waals surface area (Å²) >= 11 is 0. The van der Waals surface area contributed by atoms with Gasteiger partial charge in [0.25, 0.3) is 0 Å². The number of hydrogen-bond donors (Lipinski definition) is 1. The molecule has 1 fully saturated rings. The first-order valence-corrected chi connectivity index (χ1v) is 5.63. The molecule has 1 amide bonds. The number of hydrogen-bond acceptors (Lipinski definition) is 3. The largest absolute Gasteiger partial charge is 0.380 e. The molecule has 0 bridgehead atoms. The Morgan fingerprint density at radius 1 is 1.40 bits per heavy atom. The van der Waals surface area contributed by atoms with Crippen molar-refractivity contribution in [1.29, 1.82) is 0 Å². The Hall–Kier alpha value is -0.610. The van der Waals surface area contributed by atoms with E-state index in [4.69, 9.17) is 10.5 Å². The topological polar surface area (TPSA) is 55.6 Å². The smallest absolute Gasteiger partial charge is 0.222 e. The third-order valence-corrected chi connectivity index (χ3v) is 2.56. The number of amides is 1. The molecule has 0 atom stereocenters. The second kappa shape index (κ2) is 5.47. The quantitative estimate of drug-likeness (QED) is 0.754. The summed E-state index contributed by atoms with van der Waals surface area (Å²) in [7, 11) is 0. The molecule has 15 heavy (non-hydrogen) atoms. The molecule has 1 aliphatic rings. The fourth-order valence-electron chi connectivity index (χ4n) is 1.58. The van der Waals surface area contributed by atoms with Gasteiger partial charge in [0.1, 0.15) is 0 Å². The van der Waals surface area contributed by atoms with E-state index in [-0.39, 0.29) is 11.4 Å². The standard InChI is InChI=1S/C11H22N2O2/c1-11(2,12)5-4-10(14)13-6-3-8-15-9-7-13/h3-9,12H2,1-2H3. The Bertz CT molecular complexity index is 203. The summed E-state index contributed by atoms with van der Waals surface area (Å²) in [6, 6.07) is 0. The van der Waals surface area contributed by atoms with Crippen LogP contribution in [0.4, 0.5) is 0 Å². The molecule has 1 rings (SSSR count). The zero-order valence-corrected chi connectivity index (χ0v) is 9.79. The first-order chi connectivity index (χ1) is 6.99. The SMILES string of the molecule is CC(C)(N)CCC(=O)N1CCCOCC1. The minimum Gasteiger partial charge on any atom is -0.380 e. The molecule has 0 aromatic rings. The van der Waals surface area contributed by atoms with Crippen molar-refractivity contribution in [2.75, 3.05) is 26.3 Å². The Kier molecular flexibility index (Phi) is 4.54. The van der Waals surface area contributed by atoms with Crippen molar-refractivity contribution < 1.29 is 9.53 Å². The van der Waals surface area contributed by atoms with Crippen molar-refractivity contribution in [3.05, 3.63) is 0 Å². The van der Waals surface area contributed by atoms with Crippen LogP contribution in [0.2, 0.25) is 0 Å². The zero-order chi connectivity index (χ0) is 11.3. The van der Waals surface area contributed by atoms with E-state index in [1.54, 1.807) is 0 Å². The van der Waals surface area contributed by atoms with Crippen LogP contribution in [0.1, 0.15) is 33.1 Å². The van der Waals surface area contributed by atoms with Gasteiger partial charge in [-0.3, -0.25) is 4.79 Å². The normalized spacial score (nSPS) is 18.7. The van der Waals surface area contributed by atoms with Gasteiger partial charge in [0.2, 0.25) is 5.91 Å². The van der Waals surface area contributed by atoms with Gasteiger partial charge in [-0.2, -0.15) is 0 Å². The molecule has 0 aromatic carbocycles. The first-order valence-electron chi connectivity index (χ1n) is 5.63. The number of carbonyl (C=O) groups excluding carboxylic acids is 1. The van der Waals surface area contributed by atoms with Gasteiger partial charge in [0.05, 0.1) is 6.61 Å². The molecule has 0 aliphatic carbocycles. The van der Waals surface area contributed by atoms with Gasteiger partial charge in [-0.15, -0.1) is 0 Å². The average Bonchev–Trinajstić information content (AvgIpc) is 2.41. The van der Waals surface area contributed by atoms with E-state index in [9.17, 15) is 4.79 Å². The van der Waals surface area contributed by atoms with Gasteiger partial charge in [-0.25, -0.2) is 0 Å². The summed E-state index contributed by atoms with van der Waals surface area (Å²) in [5.41, 5.74) is 5.60. The summed E-state index contributed by atoms with van der Waals surface area (Å²) in [4.78, 5) is 13.7. The second-order valence-corrected chi connectivity index (χ2v) is 4.84. The van der Waals surface area contributed by atoms with Crippen LogP contribution < -0.4 is 5.73 Å². The van der Waals surface area contributed by atoms with E-state index in [0.717, 1.165) is 32.5 Å². The summed E-state index contributed by atoms with van der Waals surface area (Å²) in [6.07, 6.45) is 2.23. The third-order valence-electron chi connectivity index (χ3n) is 2.56. The molecule has 88 valence electrons. The molecule has 0 saturated carbocycles. The van der Waals surface area contributed by atoms with Gasteiger partial charge in [-0.05, 0) is 26.7 Å². The molecule has 4 nitrogen and oxygen atoms in total. The van der Waals surface area contributed by atoms with Gasteiger partial charge < -0.3 is 15.4 Å². The number of nitrogens with zero attached hydrogens (tertiary/aromatic N) is 1. The molecule has 0 unspecified atom stereocenters. The highest BCUT2D eigenvalue weighted by molar-refractivity contribution is 5.76. The van der Waals surface area contributed by atoms with Crippen LogP contribution in [0.15, 0.2) is 0 Å². The summed E-state index contributed by atoms with van der Waals surface area (Å²) < 4.78 is 5.30. The maximum Gasteiger partial charge on any atom is 0.222 e. The molecule has 0 radical (unpaired) electrons. The van der Waals surface area contributed by atoms with Crippen LogP contribution in [0.25, 0.3) is 0 Å². The predicted octanol–water partition coefficient (Wildman–Crippen LogP) is 0.753. The lowest BCUT2D eigenvalue weighted by Crippen LogP contribution is -2.37. The molecule has 4 heteroatoms. The Labute approximate surface area is 91.8 Å².